The molecular weight excluding hydrogens is 450 g/mol. The predicted molar refractivity (Wildman–Crippen MR) is 136 cm³/mol. The van der Waals surface area contributed by atoms with Crippen molar-refractivity contribution in [2.75, 3.05) is 39.6 Å². The first-order valence-electron chi connectivity index (χ1n) is 11.1. The number of anilines is 1. The fourth-order valence-electron chi connectivity index (χ4n) is 4.18. The third-order valence-corrected chi connectivity index (χ3v) is 7.29. The molecule has 0 aromatic heterocycles. The number of fused-ring (bicyclic) bond motifs is 2. The number of ether oxygens (including phenoxy) is 1. The molecule has 0 spiro atoms. The van der Waals surface area contributed by atoms with Crippen molar-refractivity contribution in [2.45, 2.75) is 18.2 Å². The first-order valence-corrected chi connectivity index (χ1v) is 12.6. The molecule has 2 aliphatic carbocycles. The lowest BCUT2D eigenvalue weighted by atomic mass is 10.0. The fourth-order valence-corrected chi connectivity index (χ4v) is 4.93. The quantitative estimate of drug-likeness (QED) is 0.379. The Hall–Kier alpha value is -3.20. The van der Waals surface area contributed by atoms with Crippen LogP contribution < -0.4 is 14.8 Å². The molecule has 34 heavy (non-hydrogen) atoms. The average Bonchev–Trinajstić information content (AvgIpc) is 3.17. The molecule has 1 aliphatic heterocycles. The van der Waals surface area contributed by atoms with Crippen LogP contribution in [0.5, 0.6) is 5.75 Å². The molecule has 1 aromatic rings. The van der Waals surface area contributed by atoms with Gasteiger partial charge in [0.15, 0.2) is 0 Å². The minimum atomic E-state index is -3.63. The van der Waals surface area contributed by atoms with E-state index in [4.69, 9.17) is 4.74 Å². The van der Waals surface area contributed by atoms with E-state index in [2.05, 4.69) is 14.9 Å². The molecule has 0 unspecified atom stereocenters. The van der Waals surface area contributed by atoms with Gasteiger partial charge < -0.3 is 15.0 Å². The lowest BCUT2D eigenvalue weighted by Crippen LogP contribution is -2.18. The zero-order chi connectivity index (χ0) is 24.5. The molecule has 0 saturated heterocycles. The van der Waals surface area contributed by atoms with Crippen molar-refractivity contribution in [2.24, 2.45) is 0 Å². The van der Waals surface area contributed by atoms with Gasteiger partial charge in [0.1, 0.15) is 5.75 Å². The van der Waals surface area contributed by atoms with Crippen LogP contribution in [0.4, 0.5) is 5.69 Å². The highest BCUT2D eigenvalue weighted by Crippen LogP contribution is 2.42. The van der Waals surface area contributed by atoms with Crippen LogP contribution in [0.2, 0.25) is 0 Å². The zero-order valence-corrected chi connectivity index (χ0v) is 20.6. The van der Waals surface area contributed by atoms with Gasteiger partial charge in [-0.3, -0.25) is 4.79 Å². The Morgan fingerprint density at radius 2 is 1.85 bits per heavy atom. The lowest BCUT2D eigenvalue weighted by Gasteiger charge is -2.12. The second-order valence-corrected chi connectivity index (χ2v) is 10.5. The smallest absolute Gasteiger partial charge is 0.256 e. The summed E-state index contributed by atoms with van der Waals surface area (Å²) >= 11 is 0. The fraction of sp³-hybridized carbons (Fsp3) is 0.269. The van der Waals surface area contributed by atoms with Gasteiger partial charge in [0.05, 0.1) is 11.5 Å². The van der Waals surface area contributed by atoms with E-state index < -0.39 is 10.0 Å². The number of hydrogen-bond acceptors (Lipinski definition) is 5. The Labute approximate surface area is 200 Å². The summed E-state index contributed by atoms with van der Waals surface area (Å²) in [6, 6.07) is 14.5. The van der Waals surface area contributed by atoms with E-state index in [9.17, 15) is 13.2 Å². The number of amides is 1. The van der Waals surface area contributed by atoms with Crippen LogP contribution >= 0.6 is 0 Å². The Bertz CT molecular complexity index is 1350. The molecule has 7 nitrogen and oxygen atoms in total. The van der Waals surface area contributed by atoms with E-state index in [-0.39, 0.29) is 10.8 Å². The second-order valence-electron chi connectivity index (χ2n) is 8.59. The van der Waals surface area contributed by atoms with Crippen LogP contribution in [-0.2, 0) is 14.8 Å². The van der Waals surface area contributed by atoms with Crippen molar-refractivity contribution in [3.05, 3.63) is 65.2 Å². The highest BCUT2D eigenvalue weighted by atomic mass is 32.2. The van der Waals surface area contributed by atoms with Crippen molar-refractivity contribution in [1.29, 1.82) is 0 Å². The third kappa shape index (κ3) is 4.70. The molecule has 1 heterocycles. The number of sulfonamides is 1. The van der Waals surface area contributed by atoms with Crippen molar-refractivity contribution in [3.8, 4) is 16.9 Å². The van der Waals surface area contributed by atoms with Crippen LogP contribution in [-0.4, -0.2) is 53.5 Å². The van der Waals surface area contributed by atoms with Crippen LogP contribution in [0.15, 0.2) is 53.4 Å². The molecule has 0 radical (unpaired) electrons. The Kier molecular flexibility index (Phi) is 6.74. The summed E-state index contributed by atoms with van der Waals surface area (Å²) in [4.78, 5) is 15.0. The maximum Gasteiger partial charge on any atom is 0.256 e. The minimum absolute atomic E-state index is 0.111. The summed E-state index contributed by atoms with van der Waals surface area (Å²) in [6.45, 7) is 3.58. The molecule has 1 aromatic carbocycles. The highest BCUT2D eigenvalue weighted by molar-refractivity contribution is 7.89. The topological polar surface area (TPSA) is 87.7 Å². The van der Waals surface area contributed by atoms with Crippen LogP contribution in [0.1, 0.15) is 23.1 Å². The van der Waals surface area contributed by atoms with E-state index in [1.54, 1.807) is 6.07 Å². The average molecular weight is 480 g/mol. The summed E-state index contributed by atoms with van der Waals surface area (Å²) in [5.74, 6) is 0.543. The molecular formula is C26H29N3O4S. The van der Waals surface area contributed by atoms with Crippen molar-refractivity contribution < 1.29 is 17.9 Å². The largest absolute Gasteiger partial charge is 0.493 e. The predicted octanol–water partition coefficient (Wildman–Crippen LogP) is 3.83. The molecule has 3 aliphatic rings. The Morgan fingerprint density at radius 1 is 1.09 bits per heavy atom. The summed E-state index contributed by atoms with van der Waals surface area (Å²) in [5.41, 5.74) is 5.48. The maximum absolute atomic E-state index is 12.8. The number of carbonyl (C=O) groups excluding carboxylic acids is 1. The van der Waals surface area contributed by atoms with E-state index in [0.29, 0.717) is 23.4 Å². The first-order chi connectivity index (χ1) is 16.2. The summed E-state index contributed by atoms with van der Waals surface area (Å²) in [6.07, 6.45) is 2.74. The molecule has 4 rings (SSSR count). The molecule has 178 valence electrons. The standard InChI is InChI=1S/C26H29N3O4S/c1-17-14-18(20-8-5-6-9-24(25(17)20)33-13-7-12-29(3)4)15-22-21-16-19(34(31,32)27-2)10-11-23(21)28-26(22)30/h5-6,8-11,14-16,27H,7,12-13H2,1-4H3,(H,28,30)/b22-15+. The molecule has 8 heteroatoms. The van der Waals surface area contributed by atoms with Gasteiger partial charge in [0.2, 0.25) is 10.0 Å². The lowest BCUT2D eigenvalue weighted by molar-refractivity contribution is -0.110. The SMILES string of the molecule is CNS(=O)(=O)c1ccc2c(c1)/C(=C\c1cc(C)c3c(OCCCN(C)C)ccccc1-3)C(=O)N2. The number of benzene rings is 1. The van der Waals surface area contributed by atoms with Gasteiger partial charge in [-0.2, -0.15) is 0 Å². The summed E-state index contributed by atoms with van der Waals surface area (Å²) in [5, 5.41) is 2.83. The number of rotatable bonds is 8. The molecule has 0 saturated carbocycles. The molecule has 1 amide bonds. The molecule has 0 bridgehead atoms. The van der Waals surface area contributed by atoms with Gasteiger partial charge >= 0.3 is 0 Å². The summed E-state index contributed by atoms with van der Waals surface area (Å²) < 4.78 is 33.0. The second kappa shape index (κ2) is 9.58. The van der Waals surface area contributed by atoms with E-state index in [1.807, 2.05) is 57.4 Å². The van der Waals surface area contributed by atoms with E-state index >= 15 is 0 Å². The number of nitrogens with one attached hydrogen (secondary N) is 2. The number of nitrogens with zero attached hydrogens (tertiary/aromatic N) is 1. The van der Waals surface area contributed by atoms with Crippen molar-refractivity contribution in [1.82, 2.24) is 9.62 Å². The van der Waals surface area contributed by atoms with E-state index in [0.717, 1.165) is 41.0 Å². The van der Waals surface area contributed by atoms with Gasteiger partial charge in [-0.15, -0.1) is 0 Å². The first kappa shape index (κ1) is 23.9. The summed E-state index contributed by atoms with van der Waals surface area (Å²) in [7, 11) is 1.81. The van der Waals surface area contributed by atoms with Crippen LogP contribution in [0.3, 0.4) is 0 Å². The van der Waals surface area contributed by atoms with Gasteiger partial charge in [-0.1, -0.05) is 24.3 Å². The van der Waals surface area contributed by atoms with Crippen LogP contribution in [0.25, 0.3) is 22.8 Å². The molecule has 2 N–H and O–H groups in total. The van der Waals surface area contributed by atoms with Gasteiger partial charge in [-0.25, -0.2) is 13.1 Å². The number of aryl methyl sites for hydroxylation is 1. The van der Waals surface area contributed by atoms with Crippen LogP contribution in [0, 0.1) is 6.92 Å². The monoisotopic (exact) mass is 479 g/mol. The molecule has 0 atom stereocenters. The normalized spacial score (nSPS) is 14.6. The highest BCUT2D eigenvalue weighted by Gasteiger charge is 2.27. The van der Waals surface area contributed by atoms with E-state index in [1.165, 1.54) is 19.2 Å². The maximum atomic E-state index is 12.8. The molecule has 0 fully saturated rings. The van der Waals surface area contributed by atoms with Crippen molar-refractivity contribution >= 4 is 33.3 Å². The van der Waals surface area contributed by atoms with Gasteiger partial charge in [0.25, 0.3) is 5.91 Å². The van der Waals surface area contributed by atoms with Gasteiger partial charge in [0, 0.05) is 28.9 Å². The Balaban J connectivity index is 1.73. The number of carbonyl (C=O) groups is 1. The third-order valence-electron chi connectivity index (χ3n) is 5.87. The van der Waals surface area contributed by atoms with Crippen molar-refractivity contribution in [3.63, 3.8) is 0 Å². The minimum Gasteiger partial charge on any atom is -0.493 e. The van der Waals surface area contributed by atoms with Gasteiger partial charge in [-0.05, 0) is 81.5 Å². The Morgan fingerprint density at radius 3 is 2.59 bits per heavy atom. The zero-order valence-electron chi connectivity index (χ0n) is 19.8. The number of hydrogen-bond donors (Lipinski definition) is 2.